The van der Waals surface area contributed by atoms with Crippen molar-refractivity contribution in [2.75, 3.05) is 13.2 Å². The fourth-order valence-electron chi connectivity index (χ4n) is 6.13. The van der Waals surface area contributed by atoms with Crippen LogP contribution < -0.4 is 0 Å². The third kappa shape index (κ3) is 7.47. The van der Waals surface area contributed by atoms with Crippen LogP contribution in [0.5, 0.6) is 0 Å². The van der Waals surface area contributed by atoms with Gasteiger partial charge in [-0.3, -0.25) is 19.3 Å². The van der Waals surface area contributed by atoms with Crippen molar-refractivity contribution in [1.82, 2.24) is 4.90 Å². The van der Waals surface area contributed by atoms with Crippen LogP contribution in [0.1, 0.15) is 89.6 Å². The Bertz CT molecular complexity index is 1070. The van der Waals surface area contributed by atoms with Gasteiger partial charge in [0.1, 0.15) is 18.1 Å². The predicted molar refractivity (Wildman–Crippen MR) is 145 cm³/mol. The van der Waals surface area contributed by atoms with Crippen LogP contribution in [0, 0.1) is 17.8 Å². The van der Waals surface area contributed by atoms with Crippen LogP contribution >= 0.6 is 0 Å². The number of hydrogen-bond donors (Lipinski definition) is 4. The lowest BCUT2D eigenvalue weighted by Crippen LogP contribution is -2.39. The summed E-state index contributed by atoms with van der Waals surface area (Å²) in [5.74, 6) is -2.08. The van der Waals surface area contributed by atoms with Crippen LogP contribution in [0.25, 0.3) is 6.08 Å². The summed E-state index contributed by atoms with van der Waals surface area (Å²) >= 11 is 0. The van der Waals surface area contributed by atoms with Gasteiger partial charge >= 0.3 is 5.97 Å². The highest BCUT2D eigenvalue weighted by molar-refractivity contribution is 6.05. The Kier molecular flexibility index (Phi) is 11.5. The van der Waals surface area contributed by atoms with Gasteiger partial charge in [0.25, 0.3) is 0 Å². The van der Waals surface area contributed by atoms with E-state index in [0.717, 1.165) is 24.0 Å². The van der Waals surface area contributed by atoms with E-state index in [9.17, 15) is 29.7 Å². The topological polar surface area (TPSA) is 149 Å². The van der Waals surface area contributed by atoms with Crippen molar-refractivity contribution >= 4 is 23.9 Å². The van der Waals surface area contributed by atoms with E-state index in [2.05, 4.69) is 6.92 Å². The number of rotatable bonds is 16. The highest BCUT2D eigenvalue weighted by Gasteiger charge is 2.54. The summed E-state index contributed by atoms with van der Waals surface area (Å²) in [5, 5.41) is 39.9. The average Bonchev–Trinajstić information content (AvgIpc) is 3.47. The first kappa shape index (κ1) is 30.8. The van der Waals surface area contributed by atoms with E-state index in [1.165, 1.54) is 4.90 Å². The summed E-state index contributed by atoms with van der Waals surface area (Å²) < 4.78 is 5.60. The first-order valence-corrected chi connectivity index (χ1v) is 14.2. The lowest BCUT2D eigenvalue weighted by atomic mass is 9.67. The zero-order chi connectivity index (χ0) is 28.5. The molecule has 0 aromatic carbocycles. The molecule has 0 bridgehead atoms. The number of carboxylic acids is 1. The molecule has 9 heteroatoms. The molecule has 1 fully saturated rings. The van der Waals surface area contributed by atoms with Gasteiger partial charge in [-0.05, 0) is 68.7 Å². The molecule has 0 saturated carbocycles. The van der Waals surface area contributed by atoms with E-state index in [1.807, 2.05) is 13.0 Å². The minimum absolute atomic E-state index is 0.0606. The molecular formula is C30H43NO8. The highest BCUT2D eigenvalue weighted by Crippen LogP contribution is 2.47. The number of aliphatic carboxylic acids is 1. The summed E-state index contributed by atoms with van der Waals surface area (Å²) in [6.07, 6.45) is 6.58. The molecule has 0 spiro atoms. The molecule has 216 valence electrons. The fraction of sp³-hybridized carbons (Fsp3) is 0.633. The van der Waals surface area contributed by atoms with Gasteiger partial charge in [-0.1, -0.05) is 37.8 Å². The van der Waals surface area contributed by atoms with E-state index in [0.29, 0.717) is 62.0 Å². The molecule has 4 atom stereocenters. The number of imide groups is 1. The molecule has 1 aromatic heterocycles. The molecule has 1 aliphatic heterocycles. The molecule has 2 heterocycles. The molecule has 0 radical (unpaired) electrons. The number of unbranched alkanes of at least 4 members (excludes halogenated alkanes) is 2. The number of carboxylic acid groups (broad SMARTS) is 1. The van der Waals surface area contributed by atoms with Crippen LogP contribution in [0.3, 0.4) is 0 Å². The molecule has 39 heavy (non-hydrogen) atoms. The molecule has 2 aliphatic rings. The Hall–Kier alpha value is -2.75. The Morgan fingerprint density at radius 2 is 1.87 bits per heavy atom. The van der Waals surface area contributed by atoms with Crippen LogP contribution in [0.15, 0.2) is 33.3 Å². The molecule has 4 N–H and O–H groups in total. The van der Waals surface area contributed by atoms with Gasteiger partial charge in [0.15, 0.2) is 0 Å². The lowest BCUT2D eigenvalue weighted by Gasteiger charge is -2.36. The van der Waals surface area contributed by atoms with Crippen molar-refractivity contribution in [1.29, 1.82) is 0 Å². The zero-order valence-corrected chi connectivity index (χ0v) is 23.1. The molecule has 1 saturated heterocycles. The second kappa shape index (κ2) is 14.6. The van der Waals surface area contributed by atoms with Gasteiger partial charge in [-0.2, -0.15) is 0 Å². The van der Waals surface area contributed by atoms with Gasteiger partial charge in [-0.25, -0.2) is 0 Å². The monoisotopic (exact) mass is 545 g/mol. The van der Waals surface area contributed by atoms with Gasteiger partial charge in [-0.15, -0.1) is 0 Å². The summed E-state index contributed by atoms with van der Waals surface area (Å²) in [6.45, 7) is 3.80. The predicted octanol–water partition coefficient (Wildman–Crippen LogP) is 4.06. The van der Waals surface area contributed by atoms with E-state index in [4.69, 9.17) is 9.52 Å². The largest absolute Gasteiger partial charge is 0.481 e. The number of aliphatic hydroxyl groups is 3. The Morgan fingerprint density at radius 1 is 1.10 bits per heavy atom. The van der Waals surface area contributed by atoms with E-state index in [1.54, 1.807) is 12.1 Å². The van der Waals surface area contributed by atoms with Crippen LogP contribution in [-0.2, 0) is 21.0 Å². The number of hydrogen-bond acceptors (Lipinski definition) is 7. The molecule has 2 amide bonds. The maximum absolute atomic E-state index is 13.4. The maximum Gasteiger partial charge on any atom is 0.303 e. The number of fused-ring (bicyclic) bond motifs is 1. The lowest BCUT2D eigenvalue weighted by molar-refractivity contribution is -0.141. The highest BCUT2D eigenvalue weighted by atomic mass is 16.4. The number of aliphatic hydroxyl groups excluding tert-OH is 3. The second-order valence-electron chi connectivity index (χ2n) is 10.6. The van der Waals surface area contributed by atoms with Gasteiger partial charge in [0, 0.05) is 18.9 Å². The number of allylic oxidation sites excluding steroid dienone is 2. The first-order chi connectivity index (χ1) is 18.7. The molecule has 0 unspecified atom stereocenters. The Balaban J connectivity index is 1.73. The number of carbonyl (C=O) groups is 3. The van der Waals surface area contributed by atoms with E-state index < -0.39 is 29.8 Å². The van der Waals surface area contributed by atoms with Crippen molar-refractivity contribution in [3.8, 4) is 0 Å². The number of carbonyl (C=O) groups excluding carboxylic acids is 2. The maximum atomic E-state index is 13.4. The first-order valence-electron chi connectivity index (χ1n) is 14.2. The Morgan fingerprint density at radius 3 is 2.49 bits per heavy atom. The van der Waals surface area contributed by atoms with Crippen LogP contribution in [0.4, 0.5) is 0 Å². The molecule has 1 aliphatic carbocycles. The van der Waals surface area contributed by atoms with Gasteiger partial charge in [0.05, 0.1) is 24.5 Å². The fourth-order valence-corrected chi connectivity index (χ4v) is 6.13. The second-order valence-corrected chi connectivity index (χ2v) is 10.6. The smallest absolute Gasteiger partial charge is 0.303 e. The number of likely N-dealkylation sites (tertiary alicyclic amines) is 1. The SMILES string of the molecule is CCC/C(=C\c1ccc(CO)o1)CC[C@@H](O)C1=C(CC)C[C@H]2C(=O)N(CCCCCC(=O)O)C(=O)[C@H]2[C@H]1CO. The van der Waals surface area contributed by atoms with Gasteiger partial charge < -0.3 is 24.8 Å². The minimum Gasteiger partial charge on any atom is -0.481 e. The standard InChI is InChI=1S/C30H43NO8/c1-3-8-19(15-21-11-12-22(17-32)39-21)10-13-25(34)27-20(4-2)16-23-28(24(27)18-33)30(38)31(29(23)37)14-7-5-6-9-26(35)36/h11-12,15,23-25,28,32-34H,3-10,13-14,16-18H2,1-2H3,(H,35,36)/b19-15+/t23-,24+,25-,28-/m1/s1. The molecule has 3 rings (SSSR count). The third-order valence-electron chi connectivity index (χ3n) is 8.02. The quantitative estimate of drug-likeness (QED) is 0.138. The van der Waals surface area contributed by atoms with Crippen molar-refractivity contribution in [3.05, 3.63) is 40.4 Å². The third-order valence-corrected chi connectivity index (χ3v) is 8.02. The van der Waals surface area contributed by atoms with E-state index in [-0.39, 0.29) is 38.0 Å². The summed E-state index contributed by atoms with van der Waals surface area (Å²) in [6, 6.07) is 3.53. The minimum atomic E-state index is -0.863. The van der Waals surface area contributed by atoms with Crippen molar-refractivity contribution < 1.29 is 39.2 Å². The average molecular weight is 546 g/mol. The summed E-state index contributed by atoms with van der Waals surface area (Å²) in [4.78, 5) is 38.6. The van der Waals surface area contributed by atoms with Gasteiger partial charge in [0.2, 0.25) is 11.8 Å². The van der Waals surface area contributed by atoms with Crippen LogP contribution in [-0.4, -0.2) is 62.4 Å². The molecule has 1 aromatic rings. The molecular weight excluding hydrogens is 502 g/mol. The zero-order valence-electron chi connectivity index (χ0n) is 23.1. The summed E-state index contributed by atoms with van der Waals surface area (Å²) in [5.41, 5.74) is 2.73. The number of furan rings is 1. The van der Waals surface area contributed by atoms with Crippen molar-refractivity contribution in [3.63, 3.8) is 0 Å². The van der Waals surface area contributed by atoms with Crippen molar-refractivity contribution in [2.24, 2.45) is 17.8 Å². The van der Waals surface area contributed by atoms with Crippen LogP contribution in [0.2, 0.25) is 0 Å². The normalized spacial score (nSPS) is 22.5. The van der Waals surface area contributed by atoms with Crippen molar-refractivity contribution in [2.45, 2.75) is 90.8 Å². The molecule has 9 nitrogen and oxygen atoms in total. The summed E-state index contributed by atoms with van der Waals surface area (Å²) in [7, 11) is 0. The number of nitrogens with zero attached hydrogens (tertiary/aromatic N) is 1. The Labute approximate surface area is 230 Å². The number of amides is 2. The van der Waals surface area contributed by atoms with E-state index >= 15 is 0 Å².